The van der Waals surface area contributed by atoms with Crippen LogP contribution in [0.15, 0.2) is 0 Å². The van der Waals surface area contributed by atoms with Crippen LogP contribution in [-0.2, 0) is 9.57 Å². The molecule has 5 heteroatoms. The van der Waals surface area contributed by atoms with Crippen molar-refractivity contribution in [2.75, 3.05) is 19.9 Å². The predicted octanol–water partition coefficient (Wildman–Crippen LogP) is 0.457. The first-order valence-corrected chi connectivity index (χ1v) is 4.08. The minimum atomic E-state index is -0.333. The lowest BCUT2D eigenvalue weighted by molar-refractivity contribution is -0.0303. The van der Waals surface area contributed by atoms with Crippen LogP contribution < -0.4 is 5.90 Å². The SMILES string of the molecule is NOCOC(=O)N1CCCCC1. The van der Waals surface area contributed by atoms with E-state index in [-0.39, 0.29) is 12.9 Å². The molecular formula is C7H14N2O3. The number of carbonyl (C=O) groups excluding carboxylic acids is 1. The topological polar surface area (TPSA) is 64.8 Å². The van der Waals surface area contributed by atoms with Gasteiger partial charge in [-0.2, -0.15) is 0 Å². The fourth-order valence-electron chi connectivity index (χ4n) is 1.25. The molecule has 0 radical (unpaired) electrons. The van der Waals surface area contributed by atoms with E-state index in [0.29, 0.717) is 0 Å². The maximum Gasteiger partial charge on any atom is 0.411 e. The summed E-state index contributed by atoms with van der Waals surface area (Å²) in [6.07, 6.45) is 2.97. The van der Waals surface area contributed by atoms with Crippen molar-refractivity contribution in [3.8, 4) is 0 Å². The number of amides is 1. The van der Waals surface area contributed by atoms with Crippen molar-refractivity contribution in [2.24, 2.45) is 5.90 Å². The molecule has 1 saturated heterocycles. The van der Waals surface area contributed by atoms with Crippen LogP contribution in [0.25, 0.3) is 0 Å². The number of nitrogens with zero attached hydrogens (tertiary/aromatic N) is 1. The molecule has 0 spiro atoms. The van der Waals surface area contributed by atoms with Gasteiger partial charge in [0.15, 0.2) is 0 Å². The van der Waals surface area contributed by atoms with Crippen LogP contribution in [0.2, 0.25) is 0 Å². The van der Waals surface area contributed by atoms with E-state index < -0.39 is 0 Å². The van der Waals surface area contributed by atoms with Gasteiger partial charge < -0.3 is 9.64 Å². The van der Waals surface area contributed by atoms with Crippen LogP contribution in [0, 0.1) is 0 Å². The highest BCUT2D eigenvalue weighted by molar-refractivity contribution is 5.67. The third kappa shape index (κ3) is 2.67. The molecule has 1 rings (SSSR count). The zero-order valence-corrected chi connectivity index (χ0v) is 6.99. The first kappa shape index (κ1) is 9.28. The second kappa shape index (κ2) is 4.95. The maximum atomic E-state index is 11.1. The molecule has 12 heavy (non-hydrogen) atoms. The monoisotopic (exact) mass is 174 g/mol. The van der Waals surface area contributed by atoms with E-state index in [1.165, 1.54) is 6.42 Å². The summed E-state index contributed by atoms with van der Waals surface area (Å²) in [5.74, 6) is 4.71. The van der Waals surface area contributed by atoms with Gasteiger partial charge >= 0.3 is 6.09 Å². The highest BCUT2D eigenvalue weighted by Crippen LogP contribution is 2.09. The van der Waals surface area contributed by atoms with Gasteiger partial charge in [0, 0.05) is 13.1 Å². The number of nitrogens with two attached hydrogens (primary N) is 1. The number of hydrogen-bond acceptors (Lipinski definition) is 4. The lowest BCUT2D eigenvalue weighted by Crippen LogP contribution is -2.36. The van der Waals surface area contributed by atoms with Crippen molar-refractivity contribution in [1.29, 1.82) is 0 Å². The highest BCUT2D eigenvalue weighted by Gasteiger charge is 2.16. The van der Waals surface area contributed by atoms with Crippen LogP contribution in [0.3, 0.4) is 0 Å². The van der Waals surface area contributed by atoms with Gasteiger partial charge in [-0.15, -0.1) is 0 Å². The van der Waals surface area contributed by atoms with Crippen LogP contribution in [-0.4, -0.2) is 30.9 Å². The lowest BCUT2D eigenvalue weighted by Gasteiger charge is -2.25. The Morgan fingerprint density at radius 1 is 1.33 bits per heavy atom. The van der Waals surface area contributed by atoms with Crippen LogP contribution in [0.4, 0.5) is 4.79 Å². The fraction of sp³-hybridized carbons (Fsp3) is 0.857. The molecule has 5 nitrogen and oxygen atoms in total. The largest absolute Gasteiger partial charge is 0.421 e. The summed E-state index contributed by atoms with van der Waals surface area (Å²) in [6.45, 7) is 1.39. The molecule has 0 aromatic rings. The Kier molecular flexibility index (Phi) is 3.83. The summed E-state index contributed by atoms with van der Waals surface area (Å²) in [7, 11) is 0. The van der Waals surface area contributed by atoms with E-state index in [4.69, 9.17) is 5.90 Å². The zero-order valence-electron chi connectivity index (χ0n) is 6.99. The number of ether oxygens (including phenoxy) is 1. The minimum Gasteiger partial charge on any atom is -0.421 e. The van der Waals surface area contributed by atoms with Gasteiger partial charge in [0.25, 0.3) is 0 Å². The Balaban J connectivity index is 2.20. The van der Waals surface area contributed by atoms with Gasteiger partial charge in [-0.05, 0) is 19.3 Å². The molecule has 0 aliphatic carbocycles. The average molecular weight is 174 g/mol. The Labute approximate surface area is 71.4 Å². The standard InChI is InChI=1S/C7H14N2O3/c8-12-6-11-7(10)9-4-2-1-3-5-9/h1-6,8H2. The summed E-state index contributed by atoms with van der Waals surface area (Å²) in [5.41, 5.74) is 0. The quantitative estimate of drug-likeness (QED) is 0.488. The average Bonchev–Trinajstić information content (AvgIpc) is 2.15. The van der Waals surface area contributed by atoms with Crippen molar-refractivity contribution in [1.82, 2.24) is 4.90 Å². The second-order valence-corrected chi connectivity index (χ2v) is 2.74. The molecule has 2 N–H and O–H groups in total. The van der Waals surface area contributed by atoms with E-state index in [2.05, 4.69) is 9.57 Å². The van der Waals surface area contributed by atoms with Crippen molar-refractivity contribution in [2.45, 2.75) is 19.3 Å². The van der Waals surface area contributed by atoms with Crippen LogP contribution >= 0.6 is 0 Å². The van der Waals surface area contributed by atoms with Gasteiger partial charge in [0.2, 0.25) is 6.79 Å². The normalized spacial score (nSPS) is 17.6. The molecule has 1 aliphatic rings. The van der Waals surface area contributed by atoms with Gasteiger partial charge in [-0.25, -0.2) is 10.7 Å². The highest BCUT2D eigenvalue weighted by atomic mass is 16.7. The lowest BCUT2D eigenvalue weighted by atomic mass is 10.1. The Bertz CT molecular complexity index is 146. The molecule has 0 aromatic heterocycles. The molecule has 1 heterocycles. The molecule has 1 amide bonds. The fourth-order valence-corrected chi connectivity index (χ4v) is 1.25. The molecule has 1 fully saturated rings. The van der Waals surface area contributed by atoms with Crippen molar-refractivity contribution in [3.05, 3.63) is 0 Å². The van der Waals surface area contributed by atoms with E-state index in [1.54, 1.807) is 4.90 Å². The molecule has 1 aliphatic heterocycles. The van der Waals surface area contributed by atoms with E-state index in [0.717, 1.165) is 25.9 Å². The van der Waals surface area contributed by atoms with Gasteiger partial charge in [0.1, 0.15) is 0 Å². The molecule has 0 saturated carbocycles. The summed E-state index contributed by atoms with van der Waals surface area (Å²) >= 11 is 0. The third-order valence-electron chi connectivity index (χ3n) is 1.86. The van der Waals surface area contributed by atoms with E-state index in [9.17, 15) is 4.79 Å². The third-order valence-corrected chi connectivity index (χ3v) is 1.86. The summed E-state index contributed by atoms with van der Waals surface area (Å²) in [6, 6.07) is 0. The van der Waals surface area contributed by atoms with Crippen molar-refractivity contribution >= 4 is 6.09 Å². The Hall–Kier alpha value is -0.810. The first-order valence-electron chi connectivity index (χ1n) is 4.08. The van der Waals surface area contributed by atoms with Gasteiger partial charge in [0.05, 0.1) is 0 Å². The Morgan fingerprint density at radius 2 is 2.00 bits per heavy atom. The van der Waals surface area contributed by atoms with E-state index in [1.807, 2.05) is 0 Å². The smallest absolute Gasteiger partial charge is 0.411 e. The molecule has 70 valence electrons. The number of hydrogen-bond donors (Lipinski definition) is 1. The van der Waals surface area contributed by atoms with Crippen LogP contribution in [0.1, 0.15) is 19.3 Å². The molecule has 0 unspecified atom stereocenters. The zero-order chi connectivity index (χ0) is 8.81. The molecule has 0 bridgehead atoms. The summed E-state index contributed by atoms with van der Waals surface area (Å²) < 4.78 is 4.67. The number of rotatable bonds is 2. The molecule has 0 aromatic carbocycles. The molecular weight excluding hydrogens is 160 g/mol. The molecule has 0 atom stereocenters. The Morgan fingerprint density at radius 3 is 2.58 bits per heavy atom. The minimum absolute atomic E-state index is 0.171. The van der Waals surface area contributed by atoms with Gasteiger partial charge in [-0.3, -0.25) is 4.84 Å². The number of piperidine rings is 1. The van der Waals surface area contributed by atoms with E-state index >= 15 is 0 Å². The maximum absolute atomic E-state index is 11.1. The summed E-state index contributed by atoms with van der Waals surface area (Å²) in [5, 5.41) is 0. The number of carbonyl (C=O) groups is 1. The summed E-state index contributed by atoms with van der Waals surface area (Å²) in [4.78, 5) is 16.9. The first-order chi connectivity index (χ1) is 5.84. The number of likely N-dealkylation sites (tertiary alicyclic amines) is 1. The van der Waals surface area contributed by atoms with Crippen molar-refractivity contribution < 1.29 is 14.4 Å². The predicted molar refractivity (Wildman–Crippen MR) is 42.0 cm³/mol. The van der Waals surface area contributed by atoms with Crippen molar-refractivity contribution in [3.63, 3.8) is 0 Å². The van der Waals surface area contributed by atoms with Gasteiger partial charge in [-0.1, -0.05) is 0 Å². The van der Waals surface area contributed by atoms with Crippen LogP contribution in [0.5, 0.6) is 0 Å². The second-order valence-electron chi connectivity index (χ2n) is 2.74.